The van der Waals surface area contributed by atoms with E-state index in [4.69, 9.17) is 0 Å². The summed E-state index contributed by atoms with van der Waals surface area (Å²) in [4.78, 5) is 21.6. The third kappa shape index (κ3) is 4.94. The van der Waals surface area contributed by atoms with Gasteiger partial charge in [0.15, 0.2) is 5.69 Å². The Bertz CT molecular complexity index is 1200. The number of halogens is 2. The van der Waals surface area contributed by atoms with Crippen molar-refractivity contribution >= 4 is 17.3 Å². The lowest BCUT2D eigenvalue weighted by Gasteiger charge is -2.18. The maximum absolute atomic E-state index is 13.6. The fraction of sp³-hybridized carbons (Fsp3) is 0.375. The quantitative estimate of drug-likeness (QED) is 0.594. The Morgan fingerprint density at radius 1 is 0.971 bits per heavy atom. The molecule has 2 atom stereocenters. The first-order valence-corrected chi connectivity index (χ1v) is 11.3. The van der Waals surface area contributed by atoms with Gasteiger partial charge in [0.25, 0.3) is 0 Å². The van der Waals surface area contributed by atoms with E-state index >= 15 is 0 Å². The maximum atomic E-state index is 13.6. The largest absolute Gasteiger partial charge is 0.366 e. The van der Waals surface area contributed by atoms with Crippen molar-refractivity contribution in [2.45, 2.75) is 31.7 Å². The number of pyridine rings is 2. The van der Waals surface area contributed by atoms with Crippen LogP contribution in [0.4, 0.5) is 26.1 Å². The Kier molecular flexibility index (Phi) is 6.27. The van der Waals surface area contributed by atoms with Crippen LogP contribution in [-0.2, 0) is 6.54 Å². The zero-order valence-corrected chi connectivity index (χ0v) is 18.5. The zero-order chi connectivity index (χ0) is 23.5. The van der Waals surface area contributed by atoms with Crippen LogP contribution in [0.2, 0.25) is 0 Å². The summed E-state index contributed by atoms with van der Waals surface area (Å²) < 4.78 is 27.0. The van der Waals surface area contributed by atoms with E-state index in [0.29, 0.717) is 55.5 Å². The van der Waals surface area contributed by atoms with Gasteiger partial charge < -0.3 is 10.2 Å². The highest BCUT2D eigenvalue weighted by molar-refractivity contribution is 5.65. The molecule has 2 aliphatic heterocycles. The minimum atomic E-state index is -0.881. The predicted octanol–water partition coefficient (Wildman–Crippen LogP) is 3.64. The van der Waals surface area contributed by atoms with Gasteiger partial charge in [-0.2, -0.15) is 5.26 Å². The van der Waals surface area contributed by atoms with Crippen LogP contribution in [0.3, 0.4) is 0 Å². The molecule has 10 heteroatoms. The lowest BCUT2D eigenvalue weighted by atomic mass is 10.2. The van der Waals surface area contributed by atoms with E-state index in [1.165, 1.54) is 0 Å². The standard InChI is InChI=1S/C24H24F2N8/c25-16-6-9-33(13-16)15-19-2-1-18(12-29-19)30-24-28-8-5-21(32-24)20-3-4-23(22(11-27)31-20)34-10-7-17(26)14-34/h1-5,8,12,16-17H,6-7,9-10,13-15H2,(H,28,30,32). The van der Waals surface area contributed by atoms with Crippen molar-refractivity contribution in [2.75, 3.05) is 36.4 Å². The molecule has 0 radical (unpaired) electrons. The van der Waals surface area contributed by atoms with Crippen molar-refractivity contribution in [3.8, 4) is 17.5 Å². The van der Waals surface area contributed by atoms with Gasteiger partial charge >= 0.3 is 0 Å². The van der Waals surface area contributed by atoms with Crippen molar-refractivity contribution < 1.29 is 8.78 Å². The van der Waals surface area contributed by atoms with Crippen molar-refractivity contribution in [3.63, 3.8) is 0 Å². The van der Waals surface area contributed by atoms with Gasteiger partial charge in [0.2, 0.25) is 5.95 Å². The summed E-state index contributed by atoms with van der Waals surface area (Å²) >= 11 is 0. The highest BCUT2D eigenvalue weighted by Crippen LogP contribution is 2.27. The van der Waals surface area contributed by atoms with E-state index in [-0.39, 0.29) is 12.2 Å². The van der Waals surface area contributed by atoms with Crippen LogP contribution >= 0.6 is 0 Å². The summed E-state index contributed by atoms with van der Waals surface area (Å²) in [5, 5.41) is 12.7. The van der Waals surface area contributed by atoms with E-state index in [2.05, 4.69) is 36.2 Å². The lowest BCUT2D eigenvalue weighted by Crippen LogP contribution is -2.21. The predicted molar refractivity (Wildman–Crippen MR) is 124 cm³/mol. The van der Waals surface area contributed by atoms with E-state index < -0.39 is 12.3 Å². The van der Waals surface area contributed by atoms with E-state index in [0.717, 1.165) is 17.9 Å². The smallest absolute Gasteiger partial charge is 0.227 e. The van der Waals surface area contributed by atoms with Crippen molar-refractivity contribution in [2.24, 2.45) is 0 Å². The van der Waals surface area contributed by atoms with Crippen LogP contribution in [0, 0.1) is 11.3 Å². The molecule has 2 saturated heterocycles. The number of hydrogen-bond donors (Lipinski definition) is 1. The highest BCUT2D eigenvalue weighted by Gasteiger charge is 2.25. The molecule has 174 valence electrons. The molecule has 2 fully saturated rings. The molecule has 2 aliphatic rings. The topological polar surface area (TPSA) is 93.9 Å². The third-order valence-corrected chi connectivity index (χ3v) is 6.05. The average molecular weight is 463 g/mol. The van der Waals surface area contributed by atoms with Crippen molar-refractivity contribution in [3.05, 3.63) is 54.1 Å². The minimum Gasteiger partial charge on any atom is -0.366 e. The molecule has 3 aromatic heterocycles. The minimum absolute atomic E-state index is 0.247. The monoisotopic (exact) mass is 462 g/mol. The first-order valence-electron chi connectivity index (χ1n) is 11.3. The van der Waals surface area contributed by atoms with Crippen molar-refractivity contribution in [1.82, 2.24) is 24.8 Å². The fourth-order valence-electron chi connectivity index (χ4n) is 4.31. The Labute approximate surface area is 196 Å². The molecular weight excluding hydrogens is 438 g/mol. The van der Waals surface area contributed by atoms with Crippen LogP contribution < -0.4 is 10.2 Å². The molecule has 5 rings (SSSR count). The molecule has 2 unspecified atom stereocenters. The number of nitriles is 1. The number of nitrogens with one attached hydrogen (secondary N) is 1. The molecule has 0 amide bonds. The van der Waals surface area contributed by atoms with Gasteiger partial charge in [-0.15, -0.1) is 0 Å². The number of hydrogen-bond acceptors (Lipinski definition) is 8. The number of rotatable bonds is 6. The van der Waals surface area contributed by atoms with E-state index in [1.807, 2.05) is 17.0 Å². The van der Waals surface area contributed by atoms with Crippen LogP contribution in [-0.4, -0.2) is 63.4 Å². The van der Waals surface area contributed by atoms with Gasteiger partial charge in [0.05, 0.1) is 34.7 Å². The Morgan fingerprint density at radius 2 is 1.79 bits per heavy atom. The van der Waals surface area contributed by atoms with E-state index in [1.54, 1.807) is 30.6 Å². The molecule has 0 aromatic carbocycles. The van der Waals surface area contributed by atoms with Gasteiger partial charge in [0, 0.05) is 38.9 Å². The molecule has 0 saturated carbocycles. The summed E-state index contributed by atoms with van der Waals surface area (Å²) in [6, 6.07) is 11.2. The maximum Gasteiger partial charge on any atom is 0.227 e. The SMILES string of the molecule is N#Cc1nc(-c2ccnc(Nc3ccc(CN4CCC(F)C4)nc3)n2)ccc1N1CCC(F)C1. The first-order chi connectivity index (χ1) is 16.6. The molecule has 1 N–H and O–H groups in total. The summed E-state index contributed by atoms with van der Waals surface area (Å²) in [5.41, 5.74) is 3.58. The first kappa shape index (κ1) is 22.1. The molecule has 3 aromatic rings. The van der Waals surface area contributed by atoms with Crippen LogP contribution in [0.15, 0.2) is 42.7 Å². The molecule has 0 spiro atoms. The summed E-state index contributed by atoms with van der Waals surface area (Å²) in [6.07, 6.45) is 2.72. The second kappa shape index (κ2) is 9.65. The van der Waals surface area contributed by atoms with Gasteiger partial charge in [-0.25, -0.2) is 23.7 Å². The van der Waals surface area contributed by atoms with Gasteiger partial charge in [-0.05, 0) is 43.2 Å². The summed E-state index contributed by atoms with van der Waals surface area (Å²) in [6.45, 7) is 2.68. The Balaban J connectivity index is 1.29. The summed E-state index contributed by atoms with van der Waals surface area (Å²) in [5.74, 6) is 0.371. The Hall–Kier alpha value is -3.71. The number of likely N-dealkylation sites (tertiary alicyclic amines) is 1. The molecule has 5 heterocycles. The number of anilines is 3. The normalized spacial score (nSPS) is 20.4. The second-order valence-electron chi connectivity index (χ2n) is 8.56. The lowest BCUT2D eigenvalue weighted by molar-refractivity contribution is 0.280. The molecule has 34 heavy (non-hydrogen) atoms. The number of aromatic nitrogens is 4. The van der Waals surface area contributed by atoms with Crippen LogP contribution in [0.5, 0.6) is 0 Å². The highest BCUT2D eigenvalue weighted by atomic mass is 19.1. The Morgan fingerprint density at radius 3 is 2.50 bits per heavy atom. The zero-order valence-electron chi connectivity index (χ0n) is 18.5. The van der Waals surface area contributed by atoms with Gasteiger partial charge in [0.1, 0.15) is 18.4 Å². The molecule has 8 nitrogen and oxygen atoms in total. The molecular formula is C24H24F2N8. The molecule has 0 bridgehead atoms. The van der Waals surface area contributed by atoms with Gasteiger partial charge in [-0.3, -0.25) is 9.88 Å². The fourth-order valence-corrected chi connectivity index (χ4v) is 4.31. The van der Waals surface area contributed by atoms with Crippen LogP contribution in [0.1, 0.15) is 24.2 Å². The number of nitrogens with zero attached hydrogens (tertiary/aromatic N) is 7. The molecule has 0 aliphatic carbocycles. The summed E-state index contributed by atoms with van der Waals surface area (Å²) in [7, 11) is 0. The van der Waals surface area contributed by atoms with Crippen LogP contribution in [0.25, 0.3) is 11.4 Å². The van der Waals surface area contributed by atoms with Gasteiger partial charge in [-0.1, -0.05) is 0 Å². The second-order valence-corrected chi connectivity index (χ2v) is 8.56. The number of alkyl halides is 2. The van der Waals surface area contributed by atoms with Crippen molar-refractivity contribution in [1.29, 1.82) is 5.26 Å². The third-order valence-electron chi connectivity index (χ3n) is 6.05. The van der Waals surface area contributed by atoms with E-state index in [9.17, 15) is 14.0 Å². The average Bonchev–Trinajstić information content (AvgIpc) is 3.47.